The summed E-state index contributed by atoms with van der Waals surface area (Å²) in [5.41, 5.74) is 5.32. The lowest BCUT2D eigenvalue weighted by Crippen LogP contribution is -2.14. The number of hydrogen-bond donors (Lipinski definition) is 1. The number of anilines is 1. The topological polar surface area (TPSA) is 46.9 Å². The van der Waals surface area contributed by atoms with E-state index in [2.05, 4.69) is 39.1 Å². The Kier molecular flexibility index (Phi) is 6.30. The van der Waals surface area contributed by atoms with Crippen LogP contribution >= 0.6 is 11.8 Å². The van der Waals surface area contributed by atoms with Crippen molar-refractivity contribution in [3.8, 4) is 11.3 Å². The predicted octanol–water partition coefficient (Wildman–Crippen LogP) is 5.64. The van der Waals surface area contributed by atoms with Crippen molar-refractivity contribution in [2.24, 2.45) is 0 Å². The van der Waals surface area contributed by atoms with E-state index in [1.165, 1.54) is 22.9 Å². The summed E-state index contributed by atoms with van der Waals surface area (Å²) in [6.07, 6.45) is 1.89. The molecule has 1 aromatic heterocycles. The molecule has 3 aromatic carbocycles. The molecule has 0 fully saturated rings. The van der Waals surface area contributed by atoms with Crippen LogP contribution in [0.2, 0.25) is 0 Å². The Hall–Kier alpha value is -3.31. The van der Waals surface area contributed by atoms with Crippen LogP contribution in [0.15, 0.2) is 96.3 Å². The molecule has 0 saturated heterocycles. The van der Waals surface area contributed by atoms with E-state index in [0.717, 1.165) is 22.1 Å². The van der Waals surface area contributed by atoms with Gasteiger partial charge in [-0.25, -0.2) is 4.98 Å². The average Bonchev–Trinajstić information content (AvgIpc) is 3.17. The molecule has 0 radical (unpaired) electrons. The number of thioether (sulfide) groups is 1. The van der Waals surface area contributed by atoms with Crippen molar-refractivity contribution in [2.45, 2.75) is 18.6 Å². The molecule has 4 rings (SSSR count). The van der Waals surface area contributed by atoms with Gasteiger partial charge in [-0.3, -0.25) is 4.79 Å². The highest BCUT2D eigenvalue weighted by molar-refractivity contribution is 7.99. The molecule has 0 unspecified atom stereocenters. The Bertz CT molecular complexity index is 1110. The highest BCUT2D eigenvalue weighted by Gasteiger charge is 2.14. The van der Waals surface area contributed by atoms with Gasteiger partial charge in [-0.2, -0.15) is 0 Å². The van der Waals surface area contributed by atoms with E-state index in [0.29, 0.717) is 12.3 Å². The van der Waals surface area contributed by atoms with E-state index < -0.39 is 0 Å². The number of benzene rings is 3. The van der Waals surface area contributed by atoms with E-state index >= 15 is 0 Å². The van der Waals surface area contributed by atoms with Gasteiger partial charge in [0.1, 0.15) is 0 Å². The number of amides is 1. The lowest BCUT2D eigenvalue weighted by molar-refractivity contribution is -0.113. The van der Waals surface area contributed by atoms with Crippen molar-refractivity contribution in [3.63, 3.8) is 0 Å². The summed E-state index contributed by atoms with van der Waals surface area (Å²) in [5.74, 6) is 0.257. The molecule has 0 aliphatic heterocycles. The van der Waals surface area contributed by atoms with Crippen LogP contribution in [0, 0.1) is 6.92 Å². The van der Waals surface area contributed by atoms with Crippen molar-refractivity contribution in [2.75, 3.05) is 11.1 Å². The Morgan fingerprint density at radius 3 is 2.30 bits per heavy atom. The lowest BCUT2D eigenvalue weighted by atomic mass is 10.1. The van der Waals surface area contributed by atoms with E-state index in [1.54, 1.807) is 0 Å². The summed E-state index contributed by atoms with van der Waals surface area (Å²) in [6, 6.07) is 28.3. The van der Waals surface area contributed by atoms with Gasteiger partial charge in [0, 0.05) is 5.69 Å². The maximum Gasteiger partial charge on any atom is 0.234 e. The minimum absolute atomic E-state index is 0.0422. The number of carbonyl (C=O) groups is 1. The zero-order chi connectivity index (χ0) is 20.8. The number of hydrogen-bond acceptors (Lipinski definition) is 3. The number of rotatable bonds is 7. The maximum absolute atomic E-state index is 12.4. The van der Waals surface area contributed by atoms with Gasteiger partial charge in [0.15, 0.2) is 5.16 Å². The summed E-state index contributed by atoms with van der Waals surface area (Å²) in [5, 5.41) is 3.78. The third-order valence-electron chi connectivity index (χ3n) is 4.74. The third kappa shape index (κ3) is 4.99. The minimum Gasteiger partial charge on any atom is -0.325 e. The van der Waals surface area contributed by atoms with Crippen LogP contribution in [0.1, 0.15) is 11.1 Å². The molecule has 0 aliphatic carbocycles. The number of carbonyl (C=O) groups excluding carboxylic acids is 1. The number of aryl methyl sites for hydroxylation is 1. The molecule has 0 atom stereocenters. The fourth-order valence-corrected chi connectivity index (χ4v) is 3.97. The first kappa shape index (κ1) is 20.0. The molecular formula is C25H23N3OS. The zero-order valence-corrected chi connectivity index (χ0v) is 17.6. The van der Waals surface area contributed by atoms with E-state index in [-0.39, 0.29) is 5.91 Å². The highest BCUT2D eigenvalue weighted by atomic mass is 32.2. The molecule has 5 heteroatoms. The lowest BCUT2D eigenvalue weighted by Gasteiger charge is -2.12. The van der Waals surface area contributed by atoms with Crippen LogP contribution in [0.25, 0.3) is 11.3 Å². The average molecular weight is 414 g/mol. The molecule has 1 amide bonds. The standard InChI is InChI=1S/C25H23N3OS/c1-19-12-14-22(15-13-19)27-24(29)18-30-25-26-16-23(21-10-6-3-7-11-21)28(25)17-20-8-4-2-5-9-20/h2-16H,17-18H2,1H3,(H,27,29). The maximum atomic E-state index is 12.4. The van der Waals surface area contributed by atoms with Crippen molar-refractivity contribution < 1.29 is 4.79 Å². The van der Waals surface area contributed by atoms with Gasteiger partial charge in [-0.1, -0.05) is 90.1 Å². The van der Waals surface area contributed by atoms with Crippen LogP contribution in [0.3, 0.4) is 0 Å². The SMILES string of the molecule is Cc1ccc(NC(=O)CSc2ncc(-c3ccccc3)n2Cc2ccccc2)cc1. The van der Waals surface area contributed by atoms with Gasteiger partial charge in [0.05, 0.1) is 24.2 Å². The van der Waals surface area contributed by atoms with Crippen LogP contribution in [-0.2, 0) is 11.3 Å². The van der Waals surface area contributed by atoms with Crippen LogP contribution in [0.4, 0.5) is 5.69 Å². The van der Waals surface area contributed by atoms with Gasteiger partial charge >= 0.3 is 0 Å². The van der Waals surface area contributed by atoms with Gasteiger partial charge in [0.2, 0.25) is 5.91 Å². The summed E-state index contributed by atoms with van der Waals surface area (Å²) in [7, 11) is 0. The van der Waals surface area contributed by atoms with Gasteiger partial charge in [-0.15, -0.1) is 0 Å². The van der Waals surface area contributed by atoms with Crippen molar-refractivity contribution in [3.05, 3.63) is 102 Å². The fourth-order valence-electron chi connectivity index (χ4n) is 3.20. The van der Waals surface area contributed by atoms with E-state index in [9.17, 15) is 4.79 Å². The molecule has 30 heavy (non-hydrogen) atoms. The number of aromatic nitrogens is 2. The fraction of sp³-hybridized carbons (Fsp3) is 0.120. The van der Waals surface area contributed by atoms with Crippen molar-refractivity contribution in [1.82, 2.24) is 9.55 Å². The van der Waals surface area contributed by atoms with Gasteiger partial charge < -0.3 is 9.88 Å². The molecule has 150 valence electrons. The zero-order valence-electron chi connectivity index (χ0n) is 16.8. The molecule has 0 spiro atoms. The Balaban J connectivity index is 1.52. The first-order valence-electron chi connectivity index (χ1n) is 9.83. The molecule has 4 aromatic rings. The van der Waals surface area contributed by atoms with Crippen molar-refractivity contribution in [1.29, 1.82) is 0 Å². The summed E-state index contributed by atoms with van der Waals surface area (Å²) in [4.78, 5) is 17.1. The van der Waals surface area contributed by atoms with Crippen molar-refractivity contribution >= 4 is 23.4 Å². The van der Waals surface area contributed by atoms with E-state index in [1.807, 2.05) is 73.8 Å². The molecule has 0 aliphatic rings. The van der Waals surface area contributed by atoms with Crippen LogP contribution in [-0.4, -0.2) is 21.2 Å². The number of imidazole rings is 1. The molecule has 4 nitrogen and oxygen atoms in total. The first-order chi connectivity index (χ1) is 14.7. The second-order valence-corrected chi connectivity index (χ2v) is 8.01. The monoisotopic (exact) mass is 413 g/mol. The molecule has 0 saturated carbocycles. The quantitative estimate of drug-likeness (QED) is 0.399. The van der Waals surface area contributed by atoms with Gasteiger partial charge in [0.25, 0.3) is 0 Å². The molecule has 0 bridgehead atoms. The summed E-state index contributed by atoms with van der Waals surface area (Å²) >= 11 is 1.45. The predicted molar refractivity (Wildman–Crippen MR) is 124 cm³/mol. The Labute approximate surface area is 181 Å². The first-order valence-corrected chi connectivity index (χ1v) is 10.8. The molecule has 1 heterocycles. The summed E-state index contributed by atoms with van der Waals surface area (Å²) < 4.78 is 2.18. The van der Waals surface area contributed by atoms with Crippen LogP contribution in [0.5, 0.6) is 0 Å². The smallest absolute Gasteiger partial charge is 0.234 e. The largest absolute Gasteiger partial charge is 0.325 e. The highest BCUT2D eigenvalue weighted by Crippen LogP contribution is 2.27. The molecular weight excluding hydrogens is 390 g/mol. The molecule has 1 N–H and O–H groups in total. The van der Waals surface area contributed by atoms with Gasteiger partial charge in [-0.05, 0) is 30.2 Å². The van der Waals surface area contributed by atoms with E-state index in [4.69, 9.17) is 0 Å². The number of nitrogens with one attached hydrogen (secondary N) is 1. The second-order valence-electron chi connectivity index (χ2n) is 7.07. The minimum atomic E-state index is -0.0422. The summed E-state index contributed by atoms with van der Waals surface area (Å²) in [6.45, 7) is 2.73. The van der Waals surface area contributed by atoms with Crippen LogP contribution < -0.4 is 5.32 Å². The third-order valence-corrected chi connectivity index (χ3v) is 5.73. The number of nitrogens with zero attached hydrogens (tertiary/aromatic N) is 2. The Morgan fingerprint density at radius 1 is 0.933 bits per heavy atom. The normalized spacial score (nSPS) is 10.7. The Morgan fingerprint density at radius 2 is 1.60 bits per heavy atom. The second kappa shape index (κ2) is 9.46.